The highest BCUT2D eigenvalue weighted by Crippen LogP contribution is 2.27. The number of rotatable bonds is 7. The summed E-state index contributed by atoms with van der Waals surface area (Å²) in [6.45, 7) is 1.19. The number of carbonyl (C=O) groups is 2. The standard InChI is InChI=1S/C19H21NO7S/c1-13-11-16(9-10-17(13)25-2)28(23,24)20(12-18(21)26-3)15-7-5-14(6-8-15)19(22)27-4/h5-11H,12H2,1-4H3. The molecule has 0 aromatic heterocycles. The van der Waals surface area contributed by atoms with E-state index >= 15 is 0 Å². The third-order valence-electron chi connectivity index (χ3n) is 4.03. The van der Waals surface area contributed by atoms with Gasteiger partial charge in [0.25, 0.3) is 10.0 Å². The summed E-state index contributed by atoms with van der Waals surface area (Å²) in [5, 5.41) is 0. The monoisotopic (exact) mass is 407 g/mol. The first-order valence-corrected chi connectivity index (χ1v) is 9.61. The van der Waals surface area contributed by atoms with Crippen molar-refractivity contribution in [1.29, 1.82) is 0 Å². The Bertz CT molecular complexity index is 968. The van der Waals surface area contributed by atoms with E-state index in [1.54, 1.807) is 13.0 Å². The van der Waals surface area contributed by atoms with Gasteiger partial charge in [-0.15, -0.1) is 0 Å². The lowest BCUT2D eigenvalue weighted by molar-refractivity contribution is -0.138. The summed E-state index contributed by atoms with van der Waals surface area (Å²) in [6.07, 6.45) is 0. The van der Waals surface area contributed by atoms with Crippen LogP contribution in [0.15, 0.2) is 47.4 Å². The predicted molar refractivity (Wildman–Crippen MR) is 102 cm³/mol. The van der Waals surface area contributed by atoms with Crippen LogP contribution in [-0.4, -0.2) is 48.2 Å². The second kappa shape index (κ2) is 8.75. The highest BCUT2D eigenvalue weighted by atomic mass is 32.2. The van der Waals surface area contributed by atoms with Gasteiger partial charge in [0.15, 0.2) is 0 Å². The Morgan fingerprint density at radius 2 is 1.61 bits per heavy atom. The molecule has 0 unspecified atom stereocenters. The van der Waals surface area contributed by atoms with E-state index in [0.29, 0.717) is 11.3 Å². The number of esters is 2. The molecule has 0 bridgehead atoms. The van der Waals surface area contributed by atoms with Crippen molar-refractivity contribution in [1.82, 2.24) is 0 Å². The fourth-order valence-corrected chi connectivity index (χ4v) is 4.01. The zero-order chi connectivity index (χ0) is 20.9. The van der Waals surface area contributed by atoms with Gasteiger partial charge >= 0.3 is 11.9 Å². The molecule has 0 aliphatic rings. The molecular formula is C19H21NO7S. The third-order valence-corrected chi connectivity index (χ3v) is 5.80. The summed E-state index contributed by atoms with van der Waals surface area (Å²) in [7, 11) is -0.178. The zero-order valence-corrected chi connectivity index (χ0v) is 16.8. The minimum atomic E-state index is -4.08. The molecule has 0 aliphatic heterocycles. The van der Waals surface area contributed by atoms with Crippen LogP contribution in [0.3, 0.4) is 0 Å². The van der Waals surface area contributed by atoms with Crippen molar-refractivity contribution < 1.29 is 32.2 Å². The summed E-state index contributed by atoms with van der Waals surface area (Å²) in [5.41, 5.74) is 1.08. The molecule has 9 heteroatoms. The van der Waals surface area contributed by atoms with Crippen LogP contribution in [0.25, 0.3) is 0 Å². The Morgan fingerprint density at radius 1 is 0.964 bits per heavy atom. The lowest BCUT2D eigenvalue weighted by Crippen LogP contribution is -2.36. The Labute approximate surface area is 163 Å². The number of methoxy groups -OCH3 is 3. The molecule has 0 aliphatic carbocycles. The van der Waals surface area contributed by atoms with Crippen molar-refractivity contribution in [3.8, 4) is 5.75 Å². The van der Waals surface area contributed by atoms with Crippen molar-refractivity contribution >= 4 is 27.6 Å². The molecule has 0 heterocycles. The molecule has 0 saturated heterocycles. The average Bonchev–Trinajstić information content (AvgIpc) is 2.71. The van der Waals surface area contributed by atoms with Gasteiger partial charge in [-0.1, -0.05) is 0 Å². The number of hydrogen-bond acceptors (Lipinski definition) is 7. The van der Waals surface area contributed by atoms with Crippen LogP contribution < -0.4 is 9.04 Å². The lowest BCUT2D eigenvalue weighted by Gasteiger charge is -2.24. The van der Waals surface area contributed by atoms with Gasteiger partial charge in [-0.3, -0.25) is 9.10 Å². The van der Waals surface area contributed by atoms with Crippen LogP contribution in [0.4, 0.5) is 5.69 Å². The minimum absolute atomic E-state index is 0.00764. The number of anilines is 1. The smallest absolute Gasteiger partial charge is 0.337 e. The van der Waals surface area contributed by atoms with Gasteiger partial charge in [0.05, 0.1) is 37.5 Å². The molecule has 0 fully saturated rings. The number of hydrogen-bond donors (Lipinski definition) is 0. The van der Waals surface area contributed by atoms with Gasteiger partial charge in [-0.05, 0) is 55.0 Å². The maximum Gasteiger partial charge on any atom is 0.337 e. The molecule has 0 saturated carbocycles. The number of ether oxygens (including phenoxy) is 3. The summed E-state index contributed by atoms with van der Waals surface area (Å²) in [6, 6.07) is 10.1. The van der Waals surface area contributed by atoms with Crippen molar-refractivity contribution in [3.63, 3.8) is 0 Å². The molecule has 28 heavy (non-hydrogen) atoms. The number of benzene rings is 2. The zero-order valence-electron chi connectivity index (χ0n) is 16.0. The van der Waals surface area contributed by atoms with E-state index in [0.717, 1.165) is 4.31 Å². The molecule has 150 valence electrons. The summed E-state index contributed by atoms with van der Waals surface area (Å²) >= 11 is 0. The SMILES string of the molecule is COC(=O)CN(c1ccc(C(=O)OC)cc1)S(=O)(=O)c1ccc(OC)c(C)c1. The predicted octanol–water partition coefficient (Wildman–Crippen LogP) is 2.16. The van der Waals surface area contributed by atoms with E-state index in [2.05, 4.69) is 9.47 Å². The molecule has 0 radical (unpaired) electrons. The Morgan fingerprint density at radius 3 is 2.11 bits per heavy atom. The van der Waals surface area contributed by atoms with Crippen molar-refractivity contribution in [2.24, 2.45) is 0 Å². The molecule has 0 amide bonds. The molecule has 2 aromatic carbocycles. The Balaban J connectivity index is 2.51. The average molecular weight is 407 g/mol. The Kier molecular flexibility index (Phi) is 6.63. The maximum absolute atomic E-state index is 13.2. The molecule has 2 aromatic rings. The summed E-state index contributed by atoms with van der Waals surface area (Å²) in [4.78, 5) is 23.4. The second-order valence-corrected chi connectivity index (χ2v) is 7.62. The van der Waals surface area contributed by atoms with Gasteiger partial charge in [-0.25, -0.2) is 13.2 Å². The van der Waals surface area contributed by atoms with Gasteiger partial charge in [-0.2, -0.15) is 0 Å². The first kappa shape index (κ1) is 21.2. The quantitative estimate of drug-likeness (QED) is 0.649. The van der Waals surface area contributed by atoms with E-state index < -0.39 is 28.5 Å². The summed E-state index contributed by atoms with van der Waals surface area (Å²) < 4.78 is 41.7. The Hall–Kier alpha value is -3.07. The number of sulfonamides is 1. The van der Waals surface area contributed by atoms with Gasteiger partial charge < -0.3 is 14.2 Å². The maximum atomic E-state index is 13.2. The van der Waals surface area contributed by atoms with E-state index in [1.807, 2.05) is 0 Å². The van der Waals surface area contributed by atoms with Crippen LogP contribution in [0.5, 0.6) is 5.75 Å². The molecular weight excluding hydrogens is 386 g/mol. The molecule has 8 nitrogen and oxygen atoms in total. The topological polar surface area (TPSA) is 99.2 Å². The number of nitrogens with zero attached hydrogens (tertiary/aromatic N) is 1. The van der Waals surface area contributed by atoms with Crippen molar-refractivity contribution in [2.75, 3.05) is 32.2 Å². The molecule has 0 N–H and O–H groups in total. The molecule has 2 rings (SSSR count). The first-order chi connectivity index (χ1) is 13.2. The fourth-order valence-electron chi connectivity index (χ4n) is 2.52. The largest absolute Gasteiger partial charge is 0.496 e. The van der Waals surface area contributed by atoms with Crippen molar-refractivity contribution in [3.05, 3.63) is 53.6 Å². The van der Waals surface area contributed by atoms with Crippen LogP contribution in [0, 0.1) is 6.92 Å². The summed E-state index contributed by atoms with van der Waals surface area (Å²) in [5.74, 6) is -0.744. The van der Waals surface area contributed by atoms with Gasteiger partial charge in [0.2, 0.25) is 0 Å². The van der Waals surface area contributed by atoms with Crippen LogP contribution in [0.2, 0.25) is 0 Å². The molecule has 0 spiro atoms. The first-order valence-electron chi connectivity index (χ1n) is 8.17. The van der Waals surface area contributed by atoms with Gasteiger partial charge in [0.1, 0.15) is 12.3 Å². The minimum Gasteiger partial charge on any atom is -0.496 e. The van der Waals surface area contributed by atoms with E-state index in [4.69, 9.17) is 4.74 Å². The highest BCUT2D eigenvalue weighted by Gasteiger charge is 2.28. The van der Waals surface area contributed by atoms with E-state index in [-0.39, 0.29) is 16.1 Å². The van der Waals surface area contributed by atoms with Crippen molar-refractivity contribution in [2.45, 2.75) is 11.8 Å². The number of carbonyl (C=O) groups excluding carboxylic acids is 2. The normalized spacial score (nSPS) is 10.9. The lowest BCUT2D eigenvalue weighted by atomic mass is 10.2. The van der Waals surface area contributed by atoms with E-state index in [1.165, 1.54) is 57.7 Å². The second-order valence-electron chi connectivity index (χ2n) is 5.76. The number of aryl methyl sites for hydroxylation is 1. The third kappa shape index (κ3) is 4.42. The molecule has 0 atom stereocenters. The van der Waals surface area contributed by atoms with Crippen LogP contribution in [0.1, 0.15) is 15.9 Å². The van der Waals surface area contributed by atoms with E-state index in [9.17, 15) is 18.0 Å². The fraction of sp³-hybridized carbons (Fsp3) is 0.263. The van der Waals surface area contributed by atoms with Crippen LogP contribution >= 0.6 is 0 Å². The highest BCUT2D eigenvalue weighted by molar-refractivity contribution is 7.92. The van der Waals surface area contributed by atoms with Gasteiger partial charge in [0, 0.05) is 0 Å². The van der Waals surface area contributed by atoms with Crippen LogP contribution in [-0.2, 0) is 24.3 Å².